The van der Waals surface area contributed by atoms with Gasteiger partial charge in [0.2, 0.25) is 0 Å². The maximum Gasteiger partial charge on any atom is -0.0590 e. The molecule has 0 N–H and O–H groups in total. The van der Waals surface area contributed by atoms with E-state index in [9.17, 15) is 0 Å². The first-order valence-corrected chi connectivity index (χ1v) is 18.7. The van der Waals surface area contributed by atoms with E-state index in [-0.39, 0.29) is 0 Å². The van der Waals surface area contributed by atoms with E-state index >= 15 is 0 Å². The lowest BCUT2D eigenvalue weighted by Crippen LogP contribution is -1.47. The minimum atomic E-state index is 1.25. The van der Waals surface area contributed by atoms with Crippen molar-refractivity contribution < 1.29 is 0 Å². The third-order valence-corrected chi connectivity index (χ3v) is 2.00. The Morgan fingerprint density at radius 1 is 0.159 bits per heavy atom. The third kappa shape index (κ3) is 242. The number of hydrogen-bond acceptors (Lipinski definition) is 0. The molecule has 268 valence electrons. The van der Waals surface area contributed by atoms with Crippen molar-refractivity contribution in [2.45, 2.75) is 178 Å². The van der Waals surface area contributed by atoms with E-state index in [1.54, 1.807) is 0 Å². The summed E-state index contributed by atoms with van der Waals surface area (Å²) in [5.74, 6) is 0. The first-order valence-electron chi connectivity index (χ1n) is 18.7. The van der Waals surface area contributed by atoms with Crippen molar-refractivity contribution in [1.29, 1.82) is 0 Å². The van der Waals surface area contributed by atoms with Crippen LogP contribution in [0, 0.1) is 0 Å². The van der Waals surface area contributed by atoms with Gasteiger partial charge in [0.15, 0.2) is 0 Å². The van der Waals surface area contributed by atoms with Crippen molar-refractivity contribution in [3.63, 3.8) is 0 Å². The van der Waals surface area contributed by atoms with Gasteiger partial charge in [-0.3, -0.25) is 0 Å². The van der Waals surface area contributed by atoms with E-state index in [2.05, 4.69) is 55.4 Å². The zero-order chi connectivity index (χ0) is 37.6. The molecule has 3 rings (SSSR count). The maximum absolute atomic E-state index is 2.12. The average molecular weight is 621 g/mol. The van der Waals surface area contributed by atoms with Gasteiger partial charge in [-0.25, -0.2) is 0 Å². The van der Waals surface area contributed by atoms with Gasteiger partial charge in [0.05, 0.1) is 0 Å². The molecule has 0 unspecified atom stereocenters. The molecule has 0 nitrogen and oxygen atoms in total. The minimum Gasteiger partial charge on any atom is -0.0683 e. The molecule has 0 spiro atoms. The van der Waals surface area contributed by atoms with Crippen LogP contribution in [0.4, 0.5) is 0 Å². The van der Waals surface area contributed by atoms with Gasteiger partial charge in [-0.05, 0) is 0 Å². The zero-order valence-electron chi connectivity index (χ0n) is 35.2. The fraction of sp³-hybridized carbons (Fsp3) is 0.591. The van der Waals surface area contributed by atoms with Crippen molar-refractivity contribution >= 4 is 0 Å². The number of benzene rings is 3. The van der Waals surface area contributed by atoms with Crippen LogP contribution in [-0.4, -0.2) is 0 Å². The molecule has 0 radical (unpaired) electrons. The van der Waals surface area contributed by atoms with Gasteiger partial charge in [-0.15, -0.1) is 0 Å². The number of rotatable bonds is 0. The molecule has 0 aliphatic heterocycles. The van der Waals surface area contributed by atoms with Gasteiger partial charge in [-0.1, -0.05) is 287 Å². The fourth-order valence-corrected chi connectivity index (χ4v) is 1.15. The lowest BCUT2D eigenvalue weighted by molar-refractivity contribution is 1.09. The Kier molecular flexibility index (Phi) is 276. The third-order valence-electron chi connectivity index (χ3n) is 2.00. The molecule has 0 saturated heterocycles. The summed E-state index contributed by atoms with van der Waals surface area (Å²) in [6, 6.07) is 36.0. The Balaban J connectivity index is -0.0000000306. The van der Waals surface area contributed by atoms with Gasteiger partial charge in [0, 0.05) is 0 Å². The molecule has 0 atom stereocenters. The zero-order valence-corrected chi connectivity index (χ0v) is 35.2. The van der Waals surface area contributed by atoms with Gasteiger partial charge >= 0.3 is 0 Å². The molecule has 0 bridgehead atoms. The quantitative estimate of drug-likeness (QED) is 0.234. The van der Waals surface area contributed by atoms with Gasteiger partial charge in [0.1, 0.15) is 0 Å². The molecule has 0 saturated carbocycles. The second-order valence-electron chi connectivity index (χ2n) is 6.29. The van der Waals surface area contributed by atoms with Crippen LogP contribution < -0.4 is 0 Å². The Hall–Kier alpha value is -2.34. The fourth-order valence-electron chi connectivity index (χ4n) is 1.15. The van der Waals surface area contributed by atoms with E-state index in [0.29, 0.717) is 0 Å². The van der Waals surface area contributed by atoms with Crippen LogP contribution in [0.15, 0.2) is 109 Å². The molecule has 0 aromatic heterocycles. The second-order valence-corrected chi connectivity index (χ2v) is 6.29. The predicted octanol–water partition coefficient (Wildman–Crippen LogP) is 17.9. The Morgan fingerprint density at radius 2 is 0.182 bits per heavy atom. The van der Waals surface area contributed by atoms with E-state index in [1.807, 2.05) is 206 Å². The summed E-state index contributed by atoms with van der Waals surface area (Å²) in [6.07, 6.45) is 5.00. The number of hydrogen-bond donors (Lipinski definition) is 0. The van der Waals surface area contributed by atoms with Crippen LogP contribution in [0.2, 0.25) is 0 Å². The van der Waals surface area contributed by atoms with Crippen molar-refractivity contribution in [2.75, 3.05) is 0 Å². The normalized spacial score (nSPS) is 5.86. The molecule has 0 amide bonds. The first-order chi connectivity index (χ1) is 21.7. The summed E-state index contributed by atoms with van der Waals surface area (Å²) in [7, 11) is 0. The summed E-state index contributed by atoms with van der Waals surface area (Å²) in [6.45, 7) is 45.0. The van der Waals surface area contributed by atoms with Crippen molar-refractivity contribution in [3.05, 3.63) is 109 Å². The first kappa shape index (κ1) is 73.3. The van der Waals surface area contributed by atoms with Crippen molar-refractivity contribution in [1.82, 2.24) is 0 Å². The lowest BCUT2D eigenvalue weighted by Gasteiger charge is -1.69. The molecule has 44 heavy (non-hydrogen) atoms. The largest absolute Gasteiger partial charge is 0.0683 e. The molecule has 0 heteroatoms. The van der Waals surface area contributed by atoms with Gasteiger partial charge in [-0.2, -0.15) is 0 Å². The highest BCUT2D eigenvalue weighted by Gasteiger charge is 1.59. The predicted molar refractivity (Wildman–Crippen MR) is 223 cm³/mol. The van der Waals surface area contributed by atoms with Crippen LogP contribution in [0.3, 0.4) is 0 Å². The molecule has 0 fully saturated rings. The van der Waals surface area contributed by atoms with Crippen molar-refractivity contribution in [3.8, 4) is 0 Å². The highest BCUT2D eigenvalue weighted by Crippen LogP contribution is 1.81. The molecular weight excluding hydrogens is 528 g/mol. The smallest absolute Gasteiger partial charge is 0.0590 e. The van der Waals surface area contributed by atoms with Gasteiger partial charge < -0.3 is 0 Å². The van der Waals surface area contributed by atoms with Crippen LogP contribution in [0.1, 0.15) is 178 Å². The summed E-state index contributed by atoms with van der Waals surface area (Å²) in [4.78, 5) is 0. The minimum absolute atomic E-state index is 1.25. The monoisotopic (exact) mass is 621 g/mol. The van der Waals surface area contributed by atoms with E-state index in [4.69, 9.17) is 0 Å². The second kappa shape index (κ2) is 165. The molecular formula is C44H92. The average Bonchev–Trinajstić information content (AvgIpc) is 3.15. The van der Waals surface area contributed by atoms with E-state index in [1.165, 1.54) is 25.7 Å². The van der Waals surface area contributed by atoms with E-state index < -0.39 is 0 Å². The Morgan fingerprint density at radius 3 is 0.205 bits per heavy atom. The summed E-state index contributed by atoms with van der Waals surface area (Å²) in [5, 5.41) is 0. The molecule has 3 aromatic rings. The van der Waals surface area contributed by atoms with Crippen molar-refractivity contribution in [2.24, 2.45) is 0 Å². The standard InChI is InChI=1S/3C6H6.4C3H8.7C2H6/c3*1-2-4-6-5-3-1;4*1-3-2;7*1-2/h3*1-6H;4*3H2,1-2H3;7*1-2H3. The molecule has 0 aliphatic rings. The van der Waals surface area contributed by atoms with E-state index in [0.717, 1.165) is 0 Å². The molecule has 0 aliphatic carbocycles. The lowest BCUT2D eigenvalue weighted by atomic mass is 10.4. The van der Waals surface area contributed by atoms with Crippen LogP contribution in [0.25, 0.3) is 0 Å². The highest BCUT2D eigenvalue weighted by atomic mass is 13.7. The topological polar surface area (TPSA) is 0 Å². The van der Waals surface area contributed by atoms with Crippen LogP contribution in [-0.2, 0) is 0 Å². The highest BCUT2D eigenvalue weighted by molar-refractivity contribution is 5.00. The van der Waals surface area contributed by atoms with Crippen LogP contribution >= 0.6 is 0 Å². The summed E-state index contributed by atoms with van der Waals surface area (Å²) < 4.78 is 0. The van der Waals surface area contributed by atoms with Crippen LogP contribution in [0.5, 0.6) is 0 Å². The molecule has 0 heterocycles. The maximum atomic E-state index is 2.12. The SMILES string of the molecule is CC.CC.CC.CC.CC.CC.CC.CCC.CCC.CCC.CCC.c1ccccc1.c1ccccc1.c1ccccc1. The van der Waals surface area contributed by atoms with Gasteiger partial charge in [0.25, 0.3) is 0 Å². The Labute approximate surface area is 286 Å². The Bertz CT molecular complexity index is 339. The molecule has 3 aromatic carbocycles. The summed E-state index contributed by atoms with van der Waals surface area (Å²) in [5.41, 5.74) is 0. The summed E-state index contributed by atoms with van der Waals surface area (Å²) >= 11 is 0.